The molecule has 0 saturated carbocycles. The van der Waals surface area contributed by atoms with E-state index in [9.17, 15) is 0 Å². The van der Waals surface area contributed by atoms with Crippen LogP contribution in [0.25, 0.3) is 21.9 Å². The van der Waals surface area contributed by atoms with Crippen LogP contribution < -0.4 is 0 Å². The third kappa shape index (κ3) is 2.07. The maximum atomic E-state index is 4.54. The summed E-state index contributed by atoms with van der Waals surface area (Å²) in [5, 5.41) is 12.2. The van der Waals surface area contributed by atoms with Gasteiger partial charge in [-0.3, -0.25) is 0 Å². The predicted octanol–water partition coefficient (Wildman–Crippen LogP) is 4.09. The Labute approximate surface area is 132 Å². The molecular formula is C17H14N4S. The molecule has 4 rings (SSSR count). The van der Waals surface area contributed by atoms with Crippen molar-refractivity contribution in [3.63, 3.8) is 0 Å². The van der Waals surface area contributed by atoms with Gasteiger partial charge in [0.1, 0.15) is 5.00 Å². The van der Waals surface area contributed by atoms with E-state index in [1.54, 1.807) is 11.3 Å². The topological polar surface area (TPSA) is 35.6 Å². The first-order chi connectivity index (χ1) is 10.8. The quantitative estimate of drug-likeness (QED) is 0.571. The number of aromatic nitrogens is 4. The summed E-state index contributed by atoms with van der Waals surface area (Å²) in [5.74, 6) is 0. The van der Waals surface area contributed by atoms with E-state index >= 15 is 0 Å². The zero-order valence-corrected chi connectivity index (χ0v) is 12.9. The van der Waals surface area contributed by atoms with Gasteiger partial charge in [0.2, 0.25) is 0 Å². The highest BCUT2D eigenvalue weighted by Gasteiger charge is 2.15. The summed E-state index contributed by atoms with van der Waals surface area (Å²) in [6.45, 7) is 2.08. The van der Waals surface area contributed by atoms with E-state index in [0.29, 0.717) is 0 Å². The highest BCUT2D eigenvalue weighted by atomic mass is 32.1. The van der Waals surface area contributed by atoms with Crippen LogP contribution in [0.4, 0.5) is 0 Å². The Morgan fingerprint density at radius 3 is 2.55 bits per heavy atom. The molecule has 22 heavy (non-hydrogen) atoms. The fourth-order valence-electron chi connectivity index (χ4n) is 2.56. The normalized spacial score (nSPS) is 11.0. The van der Waals surface area contributed by atoms with Crippen LogP contribution in [0.5, 0.6) is 0 Å². The van der Waals surface area contributed by atoms with E-state index < -0.39 is 0 Å². The van der Waals surface area contributed by atoms with E-state index in [0.717, 1.165) is 27.6 Å². The van der Waals surface area contributed by atoms with Gasteiger partial charge >= 0.3 is 0 Å². The van der Waals surface area contributed by atoms with Gasteiger partial charge in [0, 0.05) is 5.56 Å². The minimum absolute atomic E-state index is 1.06. The van der Waals surface area contributed by atoms with E-state index in [2.05, 4.69) is 40.7 Å². The van der Waals surface area contributed by atoms with Gasteiger partial charge < -0.3 is 0 Å². The molecule has 1 aromatic carbocycles. The van der Waals surface area contributed by atoms with Crippen molar-refractivity contribution in [2.45, 2.75) is 6.92 Å². The number of hydrogen-bond donors (Lipinski definition) is 0. The van der Waals surface area contributed by atoms with Gasteiger partial charge in [0.25, 0.3) is 0 Å². The summed E-state index contributed by atoms with van der Waals surface area (Å²) in [6.07, 6.45) is 3.73. The van der Waals surface area contributed by atoms with Crippen molar-refractivity contribution in [1.29, 1.82) is 0 Å². The zero-order valence-electron chi connectivity index (χ0n) is 12.0. The highest BCUT2D eigenvalue weighted by Crippen LogP contribution is 2.28. The molecule has 4 aromatic rings. The molecule has 0 N–H and O–H groups in total. The molecule has 0 saturated heterocycles. The van der Waals surface area contributed by atoms with Crippen molar-refractivity contribution in [3.05, 3.63) is 72.0 Å². The SMILES string of the molecule is Cc1c(-c2ccnn2-c2cccs2)cnn1-c1ccccc1. The molecule has 0 spiro atoms. The molecule has 0 radical (unpaired) electrons. The maximum Gasteiger partial charge on any atom is 0.118 e. The number of nitrogens with zero attached hydrogens (tertiary/aromatic N) is 4. The number of hydrogen-bond acceptors (Lipinski definition) is 3. The van der Waals surface area contributed by atoms with E-state index in [1.807, 2.05) is 52.1 Å². The Kier molecular flexibility index (Phi) is 3.12. The molecule has 3 aromatic heterocycles. The molecule has 0 aliphatic heterocycles. The van der Waals surface area contributed by atoms with Gasteiger partial charge in [0.05, 0.1) is 29.5 Å². The molecule has 4 nitrogen and oxygen atoms in total. The monoisotopic (exact) mass is 306 g/mol. The second-order valence-corrected chi connectivity index (χ2v) is 5.90. The number of thiophene rings is 1. The maximum absolute atomic E-state index is 4.54. The molecule has 3 heterocycles. The number of rotatable bonds is 3. The van der Waals surface area contributed by atoms with Crippen molar-refractivity contribution in [2.24, 2.45) is 0 Å². The smallest absolute Gasteiger partial charge is 0.118 e. The first-order valence-electron chi connectivity index (χ1n) is 7.03. The molecule has 0 bridgehead atoms. The van der Waals surface area contributed by atoms with Gasteiger partial charge in [-0.05, 0) is 42.6 Å². The standard InChI is InChI=1S/C17H14N4S/c1-13-15(12-19-20(13)14-6-3-2-4-7-14)16-9-10-18-21(16)17-8-5-11-22-17/h2-12H,1H3. The first-order valence-corrected chi connectivity index (χ1v) is 7.91. The minimum Gasteiger partial charge on any atom is -0.237 e. The van der Waals surface area contributed by atoms with E-state index in [1.165, 1.54) is 0 Å². The fraction of sp³-hybridized carbons (Fsp3) is 0.0588. The Bertz CT molecular complexity index is 888. The largest absolute Gasteiger partial charge is 0.237 e. The summed E-state index contributed by atoms with van der Waals surface area (Å²) in [7, 11) is 0. The Balaban J connectivity index is 1.83. The number of para-hydroxylation sites is 1. The highest BCUT2D eigenvalue weighted by molar-refractivity contribution is 7.12. The lowest BCUT2D eigenvalue weighted by Gasteiger charge is -2.07. The number of benzene rings is 1. The molecule has 0 aliphatic rings. The van der Waals surface area contributed by atoms with Crippen LogP contribution in [0.15, 0.2) is 66.3 Å². The van der Waals surface area contributed by atoms with E-state index in [-0.39, 0.29) is 0 Å². The Morgan fingerprint density at radius 1 is 0.909 bits per heavy atom. The zero-order chi connectivity index (χ0) is 14.9. The molecule has 108 valence electrons. The third-order valence-corrected chi connectivity index (χ3v) is 4.49. The van der Waals surface area contributed by atoms with Gasteiger partial charge in [-0.2, -0.15) is 10.2 Å². The van der Waals surface area contributed by atoms with Crippen LogP contribution in [0.1, 0.15) is 5.69 Å². The van der Waals surface area contributed by atoms with Gasteiger partial charge in [-0.25, -0.2) is 9.36 Å². The van der Waals surface area contributed by atoms with Crippen molar-refractivity contribution in [1.82, 2.24) is 19.6 Å². The van der Waals surface area contributed by atoms with Crippen LogP contribution in [0.3, 0.4) is 0 Å². The van der Waals surface area contributed by atoms with Crippen molar-refractivity contribution < 1.29 is 0 Å². The second kappa shape index (κ2) is 5.27. The van der Waals surface area contributed by atoms with Gasteiger partial charge in [-0.1, -0.05) is 18.2 Å². The lowest BCUT2D eigenvalue weighted by Crippen LogP contribution is -2.00. The molecule has 0 aliphatic carbocycles. The van der Waals surface area contributed by atoms with Crippen molar-refractivity contribution in [3.8, 4) is 21.9 Å². The Hall–Kier alpha value is -2.66. The van der Waals surface area contributed by atoms with Gasteiger partial charge in [0.15, 0.2) is 0 Å². The first kappa shape index (κ1) is 13.0. The Morgan fingerprint density at radius 2 is 1.77 bits per heavy atom. The summed E-state index contributed by atoms with van der Waals surface area (Å²) < 4.78 is 3.92. The second-order valence-electron chi connectivity index (χ2n) is 4.97. The van der Waals surface area contributed by atoms with Crippen LogP contribution in [-0.2, 0) is 0 Å². The van der Waals surface area contributed by atoms with Crippen LogP contribution in [0.2, 0.25) is 0 Å². The molecule has 0 amide bonds. The average molecular weight is 306 g/mol. The summed E-state index contributed by atoms with van der Waals surface area (Å²) in [6, 6.07) is 16.3. The molecule has 0 fully saturated rings. The lowest BCUT2D eigenvalue weighted by molar-refractivity contribution is 0.846. The van der Waals surface area contributed by atoms with Crippen LogP contribution in [0, 0.1) is 6.92 Å². The van der Waals surface area contributed by atoms with Crippen molar-refractivity contribution in [2.75, 3.05) is 0 Å². The fourth-order valence-corrected chi connectivity index (χ4v) is 3.26. The predicted molar refractivity (Wildman–Crippen MR) is 88.7 cm³/mol. The third-order valence-electron chi connectivity index (χ3n) is 3.64. The molecule has 5 heteroatoms. The lowest BCUT2D eigenvalue weighted by atomic mass is 10.2. The molecule has 0 unspecified atom stereocenters. The minimum atomic E-state index is 1.06. The van der Waals surface area contributed by atoms with Crippen molar-refractivity contribution >= 4 is 11.3 Å². The average Bonchev–Trinajstić information content (AvgIpc) is 3.27. The van der Waals surface area contributed by atoms with Crippen LogP contribution >= 0.6 is 11.3 Å². The molecular weight excluding hydrogens is 292 g/mol. The molecule has 0 atom stereocenters. The van der Waals surface area contributed by atoms with Crippen LogP contribution in [-0.4, -0.2) is 19.6 Å². The van der Waals surface area contributed by atoms with Gasteiger partial charge in [-0.15, -0.1) is 11.3 Å². The summed E-state index contributed by atoms with van der Waals surface area (Å²) in [5.41, 5.74) is 4.31. The summed E-state index contributed by atoms with van der Waals surface area (Å²) >= 11 is 1.67. The van der Waals surface area contributed by atoms with E-state index in [4.69, 9.17) is 0 Å². The summed E-state index contributed by atoms with van der Waals surface area (Å²) in [4.78, 5) is 0.